The Balaban J connectivity index is 1.99. The average molecular weight is 356 g/mol. The number of nitro groups is 1. The molecule has 0 atom stereocenters. The van der Waals surface area contributed by atoms with Crippen molar-refractivity contribution in [3.8, 4) is 0 Å². The minimum atomic E-state index is -0.871. The smallest absolute Gasteiger partial charge is 0.313 e. The number of carbonyl (C=O) groups is 2. The van der Waals surface area contributed by atoms with Crippen LogP contribution in [0.3, 0.4) is 0 Å². The molecule has 1 saturated heterocycles. The van der Waals surface area contributed by atoms with E-state index in [1.807, 2.05) is 0 Å². The summed E-state index contributed by atoms with van der Waals surface area (Å²) in [5.41, 5.74) is 5.30. The van der Waals surface area contributed by atoms with Crippen LogP contribution in [0.25, 0.3) is 0 Å². The zero-order chi connectivity index (χ0) is 17.7. The van der Waals surface area contributed by atoms with E-state index in [9.17, 15) is 19.7 Å². The molecule has 1 heterocycles. The maximum Gasteiger partial charge on any atom is 0.313 e. The number of halogens is 1. The van der Waals surface area contributed by atoms with Gasteiger partial charge in [-0.15, -0.1) is 0 Å². The number of amides is 2. The number of benzene rings is 1. The van der Waals surface area contributed by atoms with Crippen LogP contribution in [-0.4, -0.2) is 65.8 Å². The number of nitrogens with zero attached hydrogens (tertiary/aromatic N) is 3. The summed E-state index contributed by atoms with van der Waals surface area (Å²) in [4.78, 5) is 38.0. The van der Waals surface area contributed by atoms with Gasteiger partial charge in [-0.3, -0.25) is 24.6 Å². The van der Waals surface area contributed by atoms with Crippen molar-refractivity contribution in [1.29, 1.82) is 0 Å². The molecule has 9 nitrogen and oxygen atoms in total. The lowest BCUT2D eigenvalue weighted by atomic mass is 10.2. The first-order valence-corrected chi connectivity index (χ1v) is 7.76. The summed E-state index contributed by atoms with van der Waals surface area (Å²) in [6, 6.07) is 3.63. The van der Waals surface area contributed by atoms with Crippen molar-refractivity contribution in [3.63, 3.8) is 0 Å². The molecular weight excluding hydrogens is 338 g/mol. The van der Waals surface area contributed by atoms with E-state index in [4.69, 9.17) is 17.3 Å². The third-order valence-corrected chi connectivity index (χ3v) is 4.04. The molecule has 1 fully saturated rings. The van der Waals surface area contributed by atoms with Crippen LogP contribution in [0.1, 0.15) is 0 Å². The second kappa shape index (κ2) is 8.04. The molecule has 130 valence electrons. The predicted octanol–water partition coefficient (Wildman–Crippen LogP) is 0.290. The number of hydrogen-bond acceptors (Lipinski definition) is 6. The van der Waals surface area contributed by atoms with Gasteiger partial charge in [-0.1, -0.05) is 11.6 Å². The summed E-state index contributed by atoms with van der Waals surface area (Å²) in [6.07, 6.45) is 0. The number of non-ortho nitro benzene ring substituents is 1. The highest BCUT2D eigenvalue weighted by molar-refractivity contribution is 6.41. The van der Waals surface area contributed by atoms with Gasteiger partial charge in [0.05, 0.1) is 15.6 Å². The Morgan fingerprint density at radius 1 is 1.29 bits per heavy atom. The fraction of sp³-hybridized carbons (Fsp3) is 0.429. The highest BCUT2D eigenvalue weighted by Gasteiger charge is 2.26. The third-order valence-electron chi connectivity index (χ3n) is 3.71. The minimum Gasteiger partial charge on any atom is -0.332 e. The molecule has 0 spiro atoms. The Kier molecular flexibility index (Phi) is 6.07. The minimum absolute atomic E-state index is 0.0333. The zero-order valence-corrected chi connectivity index (χ0v) is 13.7. The quantitative estimate of drug-likeness (QED) is 0.455. The van der Waals surface area contributed by atoms with Crippen LogP contribution >= 0.6 is 11.6 Å². The number of anilines is 1. The van der Waals surface area contributed by atoms with Crippen LogP contribution in [0.5, 0.6) is 0 Å². The number of nitrogens with two attached hydrogens (primary N) is 1. The standard InChI is InChI=1S/C14H18ClN5O4/c15-11-2-1-10(20(23)24)9-12(11)17-13(21)14(22)19-7-5-18(4-3-16)6-8-19/h1-2,9H,3-8,16H2,(H,17,21). The van der Waals surface area contributed by atoms with Gasteiger partial charge >= 0.3 is 11.8 Å². The molecule has 10 heteroatoms. The van der Waals surface area contributed by atoms with Crippen LogP contribution in [0.4, 0.5) is 11.4 Å². The molecule has 0 aromatic heterocycles. The first kappa shape index (κ1) is 18.1. The monoisotopic (exact) mass is 355 g/mol. The predicted molar refractivity (Wildman–Crippen MR) is 88.8 cm³/mol. The van der Waals surface area contributed by atoms with Crippen molar-refractivity contribution >= 4 is 34.8 Å². The average Bonchev–Trinajstić information content (AvgIpc) is 2.57. The van der Waals surface area contributed by atoms with Crippen molar-refractivity contribution in [3.05, 3.63) is 33.3 Å². The SMILES string of the molecule is NCCN1CCN(C(=O)C(=O)Nc2cc([N+](=O)[O-])ccc2Cl)CC1. The lowest BCUT2D eigenvalue weighted by Gasteiger charge is -2.34. The van der Waals surface area contributed by atoms with Crippen molar-refractivity contribution in [2.24, 2.45) is 5.73 Å². The van der Waals surface area contributed by atoms with Gasteiger partial charge < -0.3 is 16.0 Å². The number of rotatable bonds is 4. The number of nitrogens with one attached hydrogen (secondary N) is 1. The molecule has 2 amide bonds. The molecule has 3 N–H and O–H groups in total. The van der Waals surface area contributed by atoms with Crippen LogP contribution in [0.15, 0.2) is 18.2 Å². The fourth-order valence-electron chi connectivity index (χ4n) is 2.40. The Morgan fingerprint density at radius 2 is 1.96 bits per heavy atom. The van der Waals surface area contributed by atoms with Crippen molar-refractivity contribution in [2.75, 3.05) is 44.6 Å². The van der Waals surface area contributed by atoms with E-state index < -0.39 is 16.7 Å². The molecule has 0 unspecified atom stereocenters. The largest absolute Gasteiger partial charge is 0.332 e. The van der Waals surface area contributed by atoms with Gasteiger partial charge in [0.25, 0.3) is 5.69 Å². The first-order chi connectivity index (χ1) is 11.4. The van der Waals surface area contributed by atoms with Crippen LogP contribution in [-0.2, 0) is 9.59 Å². The Bertz CT molecular complexity index is 646. The van der Waals surface area contributed by atoms with Gasteiger partial charge in [-0.25, -0.2) is 0 Å². The maximum atomic E-state index is 12.2. The van der Waals surface area contributed by atoms with E-state index in [1.54, 1.807) is 0 Å². The van der Waals surface area contributed by atoms with E-state index in [0.29, 0.717) is 32.7 Å². The summed E-state index contributed by atoms with van der Waals surface area (Å²) in [7, 11) is 0. The summed E-state index contributed by atoms with van der Waals surface area (Å²) in [6.45, 7) is 3.43. The van der Waals surface area contributed by atoms with Gasteiger partial charge in [-0.05, 0) is 6.07 Å². The molecule has 1 aliphatic heterocycles. The number of piperazine rings is 1. The Labute approximate surface area is 143 Å². The van der Waals surface area contributed by atoms with Crippen LogP contribution < -0.4 is 11.1 Å². The van der Waals surface area contributed by atoms with E-state index in [2.05, 4.69) is 10.2 Å². The maximum absolute atomic E-state index is 12.2. The number of hydrogen-bond donors (Lipinski definition) is 2. The summed E-state index contributed by atoms with van der Waals surface area (Å²) < 4.78 is 0. The van der Waals surface area contributed by atoms with Gasteiger partial charge in [-0.2, -0.15) is 0 Å². The van der Waals surface area contributed by atoms with Crippen LogP contribution in [0, 0.1) is 10.1 Å². The van der Waals surface area contributed by atoms with E-state index in [1.165, 1.54) is 17.0 Å². The first-order valence-electron chi connectivity index (χ1n) is 7.39. The highest BCUT2D eigenvalue weighted by Crippen LogP contribution is 2.26. The van der Waals surface area contributed by atoms with Crippen molar-refractivity contribution in [1.82, 2.24) is 9.80 Å². The van der Waals surface area contributed by atoms with Crippen molar-refractivity contribution < 1.29 is 14.5 Å². The van der Waals surface area contributed by atoms with Gasteiger partial charge in [0.2, 0.25) is 0 Å². The zero-order valence-electron chi connectivity index (χ0n) is 12.9. The molecule has 0 aliphatic carbocycles. The lowest BCUT2D eigenvalue weighted by molar-refractivity contribution is -0.384. The lowest BCUT2D eigenvalue weighted by Crippen LogP contribution is -2.52. The molecular formula is C14H18ClN5O4. The molecule has 0 saturated carbocycles. The third kappa shape index (κ3) is 4.40. The number of carbonyl (C=O) groups excluding carboxylic acids is 2. The van der Waals surface area contributed by atoms with Crippen LogP contribution in [0.2, 0.25) is 5.02 Å². The molecule has 2 rings (SSSR count). The summed E-state index contributed by atoms with van der Waals surface area (Å²) in [5, 5.41) is 13.2. The normalized spacial score (nSPS) is 15.2. The molecule has 1 aliphatic rings. The molecule has 1 aromatic rings. The van der Waals surface area contributed by atoms with Crippen molar-refractivity contribution in [2.45, 2.75) is 0 Å². The number of nitro benzene ring substituents is 1. The Hall–Kier alpha value is -2.23. The fourth-order valence-corrected chi connectivity index (χ4v) is 2.56. The molecule has 0 bridgehead atoms. The Morgan fingerprint density at radius 3 is 2.54 bits per heavy atom. The van der Waals surface area contributed by atoms with Gasteiger partial charge in [0.15, 0.2) is 0 Å². The van der Waals surface area contributed by atoms with E-state index >= 15 is 0 Å². The van der Waals surface area contributed by atoms with E-state index in [0.717, 1.165) is 12.6 Å². The summed E-state index contributed by atoms with van der Waals surface area (Å²) >= 11 is 5.91. The van der Waals surface area contributed by atoms with Gasteiger partial charge in [0, 0.05) is 51.4 Å². The topological polar surface area (TPSA) is 122 Å². The molecule has 24 heavy (non-hydrogen) atoms. The summed E-state index contributed by atoms with van der Waals surface area (Å²) in [5.74, 6) is -1.56. The van der Waals surface area contributed by atoms with E-state index in [-0.39, 0.29) is 16.4 Å². The second-order valence-electron chi connectivity index (χ2n) is 5.30. The molecule has 1 aromatic carbocycles. The highest BCUT2D eigenvalue weighted by atomic mass is 35.5. The molecule has 0 radical (unpaired) electrons. The van der Waals surface area contributed by atoms with Gasteiger partial charge in [0.1, 0.15) is 0 Å². The second-order valence-corrected chi connectivity index (χ2v) is 5.71.